The fraction of sp³-hybridized carbons (Fsp3) is 0.318. The van der Waals surface area contributed by atoms with Crippen LogP contribution in [0.2, 0.25) is 0 Å². The van der Waals surface area contributed by atoms with E-state index >= 15 is 0 Å². The third kappa shape index (κ3) is 4.22. The summed E-state index contributed by atoms with van der Waals surface area (Å²) in [6, 6.07) is 9.39. The summed E-state index contributed by atoms with van der Waals surface area (Å²) in [5.74, 6) is 0.600. The van der Waals surface area contributed by atoms with Gasteiger partial charge in [-0.3, -0.25) is 9.59 Å². The number of carbonyl (C=O) groups is 2. The Labute approximate surface area is 168 Å². The van der Waals surface area contributed by atoms with Crippen molar-refractivity contribution in [3.8, 4) is 5.75 Å². The molecule has 1 amide bonds. The van der Waals surface area contributed by atoms with Crippen molar-refractivity contribution in [1.82, 2.24) is 10.3 Å². The normalized spacial score (nSPS) is 12.2. The molecule has 2 aromatic heterocycles. The smallest absolute Gasteiger partial charge is 0.262 e. The number of hydrogen-bond acceptors (Lipinski definition) is 5. The topological polar surface area (TPSA) is 68.3 Å². The van der Waals surface area contributed by atoms with Gasteiger partial charge in [-0.25, -0.2) is 4.98 Å². The zero-order valence-electron chi connectivity index (χ0n) is 16.7. The molecule has 0 aliphatic rings. The SMILES string of the molecule is CC(=O)c1cnc2sc(C(=O)N[C@@H](C)c3cccc(OC(C)C)c3)c(C)c2c1. The van der Waals surface area contributed by atoms with Crippen LogP contribution in [0.5, 0.6) is 5.75 Å². The Morgan fingerprint density at radius 1 is 1.18 bits per heavy atom. The van der Waals surface area contributed by atoms with E-state index in [-0.39, 0.29) is 23.8 Å². The van der Waals surface area contributed by atoms with Crippen LogP contribution in [0, 0.1) is 6.92 Å². The molecular formula is C22H24N2O3S. The first-order chi connectivity index (χ1) is 13.3. The van der Waals surface area contributed by atoms with Crippen molar-refractivity contribution < 1.29 is 14.3 Å². The number of carbonyl (C=O) groups excluding carboxylic acids is 2. The van der Waals surface area contributed by atoms with E-state index in [1.165, 1.54) is 18.3 Å². The summed E-state index contributed by atoms with van der Waals surface area (Å²) < 4.78 is 5.74. The van der Waals surface area contributed by atoms with Gasteiger partial charge in [-0.05, 0) is 63.9 Å². The van der Waals surface area contributed by atoms with Crippen LogP contribution in [0.3, 0.4) is 0 Å². The van der Waals surface area contributed by atoms with Crippen molar-refractivity contribution in [2.45, 2.75) is 46.8 Å². The van der Waals surface area contributed by atoms with E-state index in [2.05, 4.69) is 10.3 Å². The summed E-state index contributed by atoms with van der Waals surface area (Å²) in [7, 11) is 0. The molecular weight excluding hydrogens is 372 g/mol. The van der Waals surface area contributed by atoms with Gasteiger partial charge in [-0.1, -0.05) is 12.1 Å². The predicted molar refractivity (Wildman–Crippen MR) is 112 cm³/mol. The third-order valence-corrected chi connectivity index (χ3v) is 5.70. The van der Waals surface area contributed by atoms with E-state index in [9.17, 15) is 9.59 Å². The highest BCUT2D eigenvalue weighted by molar-refractivity contribution is 7.20. The van der Waals surface area contributed by atoms with Gasteiger partial charge in [-0.2, -0.15) is 0 Å². The highest BCUT2D eigenvalue weighted by atomic mass is 32.1. The van der Waals surface area contributed by atoms with E-state index in [4.69, 9.17) is 4.74 Å². The minimum Gasteiger partial charge on any atom is -0.491 e. The Bertz CT molecular complexity index is 1040. The van der Waals surface area contributed by atoms with Crippen molar-refractivity contribution >= 4 is 33.2 Å². The van der Waals surface area contributed by atoms with Crippen molar-refractivity contribution in [2.75, 3.05) is 0 Å². The Hall–Kier alpha value is -2.73. The second-order valence-electron chi connectivity index (χ2n) is 7.12. The van der Waals surface area contributed by atoms with Gasteiger partial charge < -0.3 is 10.1 Å². The van der Waals surface area contributed by atoms with Crippen LogP contribution in [-0.2, 0) is 0 Å². The minimum atomic E-state index is -0.173. The molecule has 146 valence electrons. The van der Waals surface area contributed by atoms with E-state index in [1.54, 1.807) is 6.20 Å². The summed E-state index contributed by atoms with van der Waals surface area (Å²) in [5, 5.41) is 3.90. The molecule has 0 fully saturated rings. The van der Waals surface area contributed by atoms with Gasteiger partial charge in [-0.15, -0.1) is 11.3 Å². The van der Waals surface area contributed by atoms with Crippen LogP contribution in [0.1, 0.15) is 64.9 Å². The number of amides is 1. The number of pyridine rings is 1. The standard InChI is InChI=1S/C22H24N2O3S/c1-12(2)27-18-8-6-7-16(9-18)14(4)24-21(26)20-13(3)19-10-17(15(5)25)11-23-22(19)28-20/h6-12,14H,1-5H3,(H,24,26)/t14-/m0/s1. The number of ether oxygens (including phenoxy) is 1. The Balaban J connectivity index is 1.83. The first-order valence-corrected chi connectivity index (χ1v) is 10.1. The maximum atomic E-state index is 12.9. The number of ketones is 1. The van der Waals surface area contributed by atoms with Crippen molar-refractivity contribution in [3.05, 3.63) is 58.1 Å². The average molecular weight is 397 g/mol. The summed E-state index contributed by atoms with van der Waals surface area (Å²) in [6.07, 6.45) is 1.65. The molecule has 0 unspecified atom stereocenters. The lowest BCUT2D eigenvalue weighted by molar-refractivity contribution is 0.0942. The lowest BCUT2D eigenvalue weighted by Crippen LogP contribution is -2.26. The number of thiophene rings is 1. The second-order valence-corrected chi connectivity index (χ2v) is 8.12. The molecule has 0 aliphatic carbocycles. The maximum absolute atomic E-state index is 12.9. The number of hydrogen-bond donors (Lipinski definition) is 1. The number of rotatable bonds is 6. The van der Waals surface area contributed by atoms with Crippen LogP contribution in [0.4, 0.5) is 0 Å². The molecule has 1 N–H and O–H groups in total. The van der Waals surface area contributed by atoms with Crippen LogP contribution < -0.4 is 10.1 Å². The van der Waals surface area contributed by atoms with Crippen molar-refractivity contribution in [2.24, 2.45) is 0 Å². The molecule has 0 radical (unpaired) electrons. The Morgan fingerprint density at radius 3 is 2.61 bits per heavy atom. The zero-order valence-corrected chi connectivity index (χ0v) is 17.5. The number of nitrogens with one attached hydrogen (secondary N) is 1. The largest absolute Gasteiger partial charge is 0.491 e. The van der Waals surface area contributed by atoms with Gasteiger partial charge in [0, 0.05) is 17.1 Å². The average Bonchev–Trinajstić information content (AvgIpc) is 2.97. The molecule has 0 spiro atoms. The van der Waals surface area contributed by atoms with Gasteiger partial charge >= 0.3 is 0 Å². The van der Waals surface area contributed by atoms with E-state index < -0.39 is 0 Å². The molecule has 0 saturated heterocycles. The van der Waals surface area contributed by atoms with Crippen molar-refractivity contribution in [3.63, 3.8) is 0 Å². The molecule has 0 bridgehead atoms. The predicted octanol–water partition coefficient (Wildman–Crippen LogP) is 5.09. The van der Waals surface area contributed by atoms with Gasteiger partial charge in [0.25, 0.3) is 5.91 Å². The molecule has 1 atom stereocenters. The lowest BCUT2D eigenvalue weighted by atomic mass is 10.1. The minimum absolute atomic E-state index is 0.0388. The van der Waals surface area contributed by atoms with Crippen LogP contribution in [-0.4, -0.2) is 22.8 Å². The number of aromatic nitrogens is 1. The van der Waals surface area contributed by atoms with Gasteiger partial charge in [0.1, 0.15) is 10.6 Å². The molecule has 28 heavy (non-hydrogen) atoms. The number of benzene rings is 1. The quantitative estimate of drug-likeness (QED) is 0.590. The third-order valence-electron chi connectivity index (χ3n) is 4.48. The number of fused-ring (bicyclic) bond motifs is 1. The summed E-state index contributed by atoms with van der Waals surface area (Å²) in [4.78, 5) is 30.2. The van der Waals surface area contributed by atoms with E-state index in [1.807, 2.05) is 58.0 Å². The number of nitrogens with zero attached hydrogens (tertiary/aromatic N) is 1. The summed E-state index contributed by atoms with van der Waals surface area (Å²) >= 11 is 1.34. The van der Waals surface area contributed by atoms with Crippen LogP contribution in [0.25, 0.3) is 10.2 Å². The molecule has 6 heteroatoms. The molecule has 2 heterocycles. The highest BCUT2D eigenvalue weighted by Crippen LogP contribution is 2.30. The number of aryl methyl sites for hydroxylation is 1. The van der Waals surface area contributed by atoms with E-state index in [0.29, 0.717) is 10.4 Å². The Kier molecular flexibility index (Phi) is 5.79. The Morgan fingerprint density at radius 2 is 1.93 bits per heavy atom. The van der Waals surface area contributed by atoms with Crippen LogP contribution >= 0.6 is 11.3 Å². The zero-order chi connectivity index (χ0) is 20.4. The first kappa shape index (κ1) is 20.0. The second kappa shape index (κ2) is 8.10. The lowest BCUT2D eigenvalue weighted by Gasteiger charge is -2.16. The van der Waals surface area contributed by atoms with Crippen LogP contribution in [0.15, 0.2) is 36.5 Å². The molecule has 1 aromatic carbocycles. The fourth-order valence-corrected chi connectivity index (χ4v) is 4.02. The monoisotopic (exact) mass is 396 g/mol. The molecule has 3 rings (SSSR count). The summed E-state index contributed by atoms with van der Waals surface area (Å²) in [5.41, 5.74) is 2.37. The molecule has 0 saturated carbocycles. The molecule has 5 nitrogen and oxygen atoms in total. The van der Waals surface area contributed by atoms with Crippen molar-refractivity contribution in [1.29, 1.82) is 0 Å². The van der Waals surface area contributed by atoms with Gasteiger partial charge in [0.2, 0.25) is 0 Å². The molecule has 0 aliphatic heterocycles. The van der Waals surface area contributed by atoms with E-state index in [0.717, 1.165) is 27.1 Å². The molecule has 3 aromatic rings. The first-order valence-electron chi connectivity index (χ1n) is 9.23. The fourth-order valence-electron chi connectivity index (χ4n) is 2.98. The highest BCUT2D eigenvalue weighted by Gasteiger charge is 2.19. The van der Waals surface area contributed by atoms with Gasteiger partial charge in [0.05, 0.1) is 17.0 Å². The number of Topliss-reactive ketones (excluding diaryl/α,β-unsaturated/α-hetero) is 1. The maximum Gasteiger partial charge on any atom is 0.262 e. The summed E-state index contributed by atoms with van der Waals surface area (Å²) in [6.45, 7) is 9.31. The van der Waals surface area contributed by atoms with Gasteiger partial charge in [0.15, 0.2) is 5.78 Å².